The van der Waals surface area contributed by atoms with Crippen molar-refractivity contribution in [2.24, 2.45) is 0 Å². The SMILES string of the molecule is Cc1cc(C)[n+]2nc(SCc3ccccc3)sc2n1.[O-][Cl+3]([O-])([O-])[O-]. The molecule has 0 unspecified atom stereocenters. The van der Waals surface area contributed by atoms with Crippen molar-refractivity contribution in [3.05, 3.63) is 53.3 Å². The average molecular weight is 388 g/mol. The van der Waals surface area contributed by atoms with Crippen LogP contribution in [-0.4, -0.2) is 10.1 Å². The molecule has 0 saturated heterocycles. The van der Waals surface area contributed by atoms with Gasteiger partial charge >= 0.3 is 4.96 Å². The molecule has 3 aromatic rings. The van der Waals surface area contributed by atoms with Crippen molar-refractivity contribution in [3.63, 3.8) is 0 Å². The lowest BCUT2D eigenvalue weighted by Crippen LogP contribution is -2.68. The van der Waals surface area contributed by atoms with Gasteiger partial charge in [0.1, 0.15) is 5.69 Å². The molecule has 0 aliphatic rings. The fraction of sp³-hybridized carbons (Fsp3) is 0.214. The summed E-state index contributed by atoms with van der Waals surface area (Å²) in [6, 6.07) is 12.5. The Labute approximate surface area is 149 Å². The summed E-state index contributed by atoms with van der Waals surface area (Å²) in [5.41, 5.74) is 3.49. The van der Waals surface area contributed by atoms with E-state index >= 15 is 0 Å². The predicted octanol–water partition coefficient (Wildman–Crippen LogP) is -1.57. The number of hydrogen-bond acceptors (Lipinski definition) is 8. The average Bonchev–Trinajstić information content (AvgIpc) is 2.88. The van der Waals surface area contributed by atoms with Gasteiger partial charge in [-0.1, -0.05) is 51.7 Å². The Kier molecular flexibility index (Phi) is 6.47. The smallest absolute Gasteiger partial charge is 0.222 e. The predicted molar refractivity (Wildman–Crippen MR) is 78.5 cm³/mol. The van der Waals surface area contributed by atoms with E-state index in [0.29, 0.717) is 0 Å². The van der Waals surface area contributed by atoms with E-state index in [2.05, 4.69) is 47.3 Å². The molecule has 0 radical (unpaired) electrons. The standard InChI is InChI=1S/C14H14N3S2.ClHO4/c1-10-8-11(2)17-13(15-10)19-14(16-17)18-9-12-6-4-3-5-7-12;2-1(3,4)5/h3-8H,9H2,1-2H3;(H,2,3,4,5)/q+1;/p-1. The van der Waals surface area contributed by atoms with Gasteiger partial charge in [-0.15, -0.1) is 10.2 Å². The van der Waals surface area contributed by atoms with Gasteiger partial charge in [-0.25, -0.2) is 18.6 Å². The third kappa shape index (κ3) is 6.29. The summed E-state index contributed by atoms with van der Waals surface area (Å²) < 4.78 is 37.0. The van der Waals surface area contributed by atoms with Crippen LogP contribution in [0.4, 0.5) is 0 Å². The zero-order chi connectivity index (χ0) is 17.7. The molecule has 0 fully saturated rings. The van der Waals surface area contributed by atoms with Crippen LogP contribution in [-0.2, 0) is 5.75 Å². The monoisotopic (exact) mass is 387 g/mol. The van der Waals surface area contributed by atoms with Crippen LogP contribution in [0.5, 0.6) is 0 Å². The Balaban J connectivity index is 0.000000368. The first-order valence-electron chi connectivity index (χ1n) is 6.68. The maximum Gasteiger partial charge on any atom is 0.410 e. The number of aryl methyl sites for hydroxylation is 2. The molecule has 0 N–H and O–H groups in total. The number of nitrogens with zero attached hydrogens (tertiary/aromatic N) is 3. The Morgan fingerprint density at radius 3 is 2.38 bits per heavy atom. The minimum atomic E-state index is -4.94. The third-order valence-electron chi connectivity index (χ3n) is 2.77. The first-order chi connectivity index (χ1) is 11.2. The summed E-state index contributed by atoms with van der Waals surface area (Å²) >= 11 is 3.41. The molecule has 0 aliphatic carbocycles. The zero-order valence-corrected chi connectivity index (χ0v) is 15.2. The van der Waals surface area contributed by atoms with E-state index in [-0.39, 0.29) is 0 Å². The van der Waals surface area contributed by atoms with E-state index in [1.54, 1.807) is 23.1 Å². The van der Waals surface area contributed by atoms with Crippen LogP contribution < -0.4 is 23.2 Å². The molecule has 0 spiro atoms. The van der Waals surface area contributed by atoms with E-state index in [9.17, 15) is 0 Å². The fourth-order valence-corrected chi connectivity index (χ4v) is 3.89. The molecule has 24 heavy (non-hydrogen) atoms. The van der Waals surface area contributed by atoms with Crippen LogP contribution >= 0.6 is 23.1 Å². The number of fused-ring (bicyclic) bond motifs is 1. The highest BCUT2D eigenvalue weighted by Gasteiger charge is 2.16. The molecular formula is C14H14ClN3O4S2. The summed E-state index contributed by atoms with van der Waals surface area (Å²) in [5, 5.41) is 4.60. The molecule has 0 atom stereocenters. The van der Waals surface area contributed by atoms with Crippen molar-refractivity contribution in [1.82, 2.24) is 10.1 Å². The van der Waals surface area contributed by atoms with Crippen LogP contribution in [0.2, 0.25) is 0 Å². The number of benzene rings is 1. The molecule has 0 saturated carbocycles. The number of aromatic nitrogens is 3. The number of thioether (sulfide) groups is 1. The molecule has 0 aliphatic heterocycles. The van der Waals surface area contributed by atoms with E-state index in [4.69, 9.17) is 18.6 Å². The molecule has 10 heteroatoms. The van der Waals surface area contributed by atoms with E-state index in [0.717, 1.165) is 26.4 Å². The lowest BCUT2D eigenvalue weighted by atomic mass is 10.2. The summed E-state index contributed by atoms with van der Waals surface area (Å²) in [4.78, 5) is 5.48. The Morgan fingerprint density at radius 2 is 1.75 bits per heavy atom. The lowest BCUT2D eigenvalue weighted by molar-refractivity contribution is -2.00. The van der Waals surface area contributed by atoms with Gasteiger partial charge in [0, 0.05) is 25.7 Å². The molecule has 1 aromatic carbocycles. The van der Waals surface area contributed by atoms with Crippen molar-refractivity contribution in [1.29, 1.82) is 0 Å². The summed E-state index contributed by atoms with van der Waals surface area (Å²) in [6.07, 6.45) is 0. The number of rotatable bonds is 3. The van der Waals surface area contributed by atoms with E-state index in [1.165, 1.54) is 5.56 Å². The molecule has 0 amide bonds. The van der Waals surface area contributed by atoms with Gasteiger partial charge < -0.3 is 0 Å². The van der Waals surface area contributed by atoms with Crippen LogP contribution in [0.25, 0.3) is 4.96 Å². The van der Waals surface area contributed by atoms with Crippen LogP contribution in [0, 0.1) is 24.1 Å². The van der Waals surface area contributed by atoms with Crippen LogP contribution in [0.15, 0.2) is 40.7 Å². The Bertz CT molecular complexity index is 803. The lowest BCUT2D eigenvalue weighted by Gasteiger charge is -2.17. The molecular weight excluding hydrogens is 374 g/mol. The quantitative estimate of drug-likeness (QED) is 0.393. The molecule has 128 valence electrons. The maximum atomic E-state index is 8.49. The van der Waals surface area contributed by atoms with Crippen molar-refractivity contribution in [2.45, 2.75) is 23.9 Å². The molecule has 2 heterocycles. The van der Waals surface area contributed by atoms with Crippen LogP contribution in [0.1, 0.15) is 17.0 Å². The number of hydrogen-bond donors (Lipinski definition) is 0. The van der Waals surface area contributed by atoms with Gasteiger partial charge in [0.25, 0.3) is 0 Å². The Hall–Kier alpha value is -1.33. The van der Waals surface area contributed by atoms with Gasteiger partial charge in [-0.2, -0.15) is 0 Å². The number of halogens is 1. The van der Waals surface area contributed by atoms with Gasteiger partial charge in [0.2, 0.25) is 4.34 Å². The molecule has 7 nitrogen and oxygen atoms in total. The molecule has 3 rings (SSSR count). The van der Waals surface area contributed by atoms with Crippen molar-refractivity contribution >= 4 is 28.1 Å². The second-order valence-corrected chi connectivity index (χ2v) is 7.69. The van der Waals surface area contributed by atoms with Crippen LogP contribution in [0.3, 0.4) is 0 Å². The van der Waals surface area contributed by atoms with Gasteiger partial charge in [0.05, 0.1) is 0 Å². The second-order valence-electron chi connectivity index (χ2n) is 4.75. The maximum absolute atomic E-state index is 8.49. The minimum absolute atomic E-state index is 0.944. The largest absolute Gasteiger partial charge is 0.410 e. The highest BCUT2D eigenvalue weighted by Crippen LogP contribution is 2.25. The normalized spacial score (nSPS) is 11.2. The molecule has 2 aromatic heterocycles. The van der Waals surface area contributed by atoms with Gasteiger partial charge in [-0.3, -0.25) is 0 Å². The summed E-state index contributed by atoms with van der Waals surface area (Å²) in [5.74, 6) is 0.944. The second kappa shape index (κ2) is 8.17. The zero-order valence-electron chi connectivity index (χ0n) is 12.8. The van der Waals surface area contributed by atoms with Crippen molar-refractivity contribution < 1.29 is 33.4 Å². The Morgan fingerprint density at radius 1 is 1.12 bits per heavy atom. The summed E-state index contributed by atoms with van der Waals surface area (Å²) in [7, 11) is -4.94. The first kappa shape index (κ1) is 19.0. The van der Waals surface area contributed by atoms with Crippen molar-refractivity contribution in [2.75, 3.05) is 0 Å². The highest BCUT2D eigenvalue weighted by atomic mass is 35.7. The minimum Gasteiger partial charge on any atom is -0.222 e. The topological polar surface area (TPSA) is 122 Å². The first-order valence-corrected chi connectivity index (χ1v) is 9.71. The van der Waals surface area contributed by atoms with E-state index in [1.807, 2.05) is 17.5 Å². The fourth-order valence-electron chi connectivity index (χ4n) is 1.89. The van der Waals surface area contributed by atoms with Crippen molar-refractivity contribution in [3.8, 4) is 0 Å². The molecule has 0 bridgehead atoms. The van der Waals surface area contributed by atoms with Gasteiger partial charge in [0.15, 0.2) is 5.69 Å². The highest BCUT2D eigenvalue weighted by molar-refractivity contribution is 8.00. The third-order valence-corrected chi connectivity index (χ3v) is 4.88. The van der Waals surface area contributed by atoms with Gasteiger partial charge in [-0.05, 0) is 21.9 Å². The van der Waals surface area contributed by atoms with E-state index < -0.39 is 10.2 Å². The summed E-state index contributed by atoms with van der Waals surface area (Å²) in [6.45, 7) is 4.08.